The monoisotopic (exact) mass is 354 g/mol. The van der Waals surface area contributed by atoms with Gasteiger partial charge in [-0.05, 0) is 29.8 Å². The molecule has 1 unspecified atom stereocenters. The Morgan fingerprint density at radius 3 is 2.25 bits per heavy atom. The van der Waals surface area contributed by atoms with E-state index in [1.165, 1.54) is 14.2 Å². The van der Waals surface area contributed by atoms with E-state index in [2.05, 4.69) is 33.9 Å². The SMILES string of the molecule is COC(=O)C(Cc1ccc(O[Si](C)(C)C(C)(C)C)cc1OC)OC. The molecule has 0 aliphatic heterocycles. The van der Waals surface area contributed by atoms with Gasteiger partial charge in [-0.3, -0.25) is 0 Å². The van der Waals surface area contributed by atoms with Crippen molar-refractivity contribution in [2.75, 3.05) is 21.3 Å². The molecule has 6 heteroatoms. The van der Waals surface area contributed by atoms with Crippen molar-refractivity contribution < 1.29 is 23.4 Å². The Balaban J connectivity index is 3.03. The zero-order valence-corrected chi connectivity index (χ0v) is 17.1. The van der Waals surface area contributed by atoms with E-state index in [0.717, 1.165) is 11.3 Å². The highest BCUT2D eigenvalue weighted by Gasteiger charge is 2.39. The van der Waals surface area contributed by atoms with Crippen LogP contribution >= 0.6 is 0 Å². The molecule has 0 amide bonds. The molecule has 1 rings (SSSR count). The fourth-order valence-electron chi connectivity index (χ4n) is 2.00. The fourth-order valence-corrected chi connectivity index (χ4v) is 3.02. The van der Waals surface area contributed by atoms with Crippen molar-refractivity contribution in [1.82, 2.24) is 0 Å². The van der Waals surface area contributed by atoms with Crippen LogP contribution in [-0.4, -0.2) is 41.7 Å². The molecule has 1 aromatic rings. The quantitative estimate of drug-likeness (QED) is 0.550. The van der Waals surface area contributed by atoms with Crippen molar-refractivity contribution >= 4 is 14.3 Å². The molecular formula is C18H30O5Si. The van der Waals surface area contributed by atoms with Gasteiger partial charge in [-0.25, -0.2) is 4.79 Å². The summed E-state index contributed by atoms with van der Waals surface area (Å²) < 4.78 is 21.7. The summed E-state index contributed by atoms with van der Waals surface area (Å²) in [6.07, 6.45) is -0.275. The molecule has 1 atom stereocenters. The molecular weight excluding hydrogens is 324 g/mol. The molecule has 0 aromatic heterocycles. The summed E-state index contributed by atoms with van der Waals surface area (Å²) in [7, 11) is 2.53. The molecule has 0 aliphatic rings. The van der Waals surface area contributed by atoms with E-state index >= 15 is 0 Å². The number of ether oxygens (including phenoxy) is 3. The zero-order chi connectivity index (χ0) is 18.5. The zero-order valence-electron chi connectivity index (χ0n) is 16.1. The van der Waals surface area contributed by atoms with Crippen molar-refractivity contribution in [1.29, 1.82) is 0 Å². The minimum atomic E-state index is -1.92. The largest absolute Gasteiger partial charge is 0.543 e. The maximum absolute atomic E-state index is 11.7. The van der Waals surface area contributed by atoms with Crippen molar-refractivity contribution in [3.8, 4) is 11.5 Å². The third kappa shape index (κ3) is 4.98. The summed E-state index contributed by atoms with van der Waals surface area (Å²) in [6, 6.07) is 5.71. The predicted molar refractivity (Wildman–Crippen MR) is 97.3 cm³/mol. The van der Waals surface area contributed by atoms with Crippen LogP contribution in [-0.2, 0) is 20.7 Å². The van der Waals surface area contributed by atoms with E-state index < -0.39 is 20.4 Å². The van der Waals surface area contributed by atoms with Crippen LogP contribution in [0.5, 0.6) is 11.5 Å². The number of hydrogen-bond donors (Lipinski definition) is 0. The van der Waals surface area contributed by atoms with Gasteiger partial charge in [0.1, 0.15) is 11.5 Å². The first-order chi connectivity index (χ1) is 11.1. The molecule has 0 bridgehead atoms. The summed E-state index contributed by atoms with van der Waals surface area (Å²) in [5.74, 6) is 1.06. The van der Waals surface area contributed by atoms with E-state index in [4.69, 9.17) is 18.6 Å². The molecule has 0 spiro atoms. The third-order valence-electron chi connectivity index (χ3n) is 4.59. The van der Waals surface area contributed by atoms with Gasteiger partial charge in [0.2, 0.25) is 8.32 Å². The number of carbonyl (C=O) groups is 1. The van der Waals surface area contributed by atoms with Crippen molar-refractivity contribution in [2.24, 2.45) is 0 Å². The molecule has 0 fully saturated rings. The first-order valence-electron chi connectivity index (χ1n) is 8.02. The Labute approximate surface area is 146 Å². The van der Waals surface area contributed by atoms with Crippen LogP contribution in [0.25, 0.3) is 0 Å². The molecule has 0 radical (unpaired) electrons. The van der Waals surface area contributed by atoms with Crippen LogP contribution in [0.1, 0.15) is 26.3 Å². The Bertz CT molecular complexity index is 563. The molecule has 0 saturated carbocycles. The number of esters is 1. The maximum atomic E-state index is 11.7. The molecule has 0 saturated heterocycles. The highest BCUT2D eigenvalue weighted by atomic mass is 28.4. The average molecular weight is 355 g/mol. The second-order valence-corrected chi connectivity index (χ2v) is 12.0. The Kier molecular flexibility index (Phi) is 6.86. The first-order valence-corrected chi connectivity index (χ1v) is 10.9. The van der Waals surface area contributed by atoms with Crippen molar-refractivity contribution in [2.45, 2.75) is 51.4 Å². The van der Waals surface area contributed by atoms with Crippen molar-refractivity contribution in [3.05, 3.63) is 23.8 Å². The van der Waals surface area contributed by atoms with Gasteiger partial charge in [0.15, 0.2) is 6.10 Å². The lowest BCUT2D eigenvalue weighted by atomic mass is 10.1. The number of hydrogen-bond acceptors (Lipinski definition) is 5. The summed E-state index contributed by atoms with van der Waals surface area (Å²) in [5.41, 5.74) is 0.873. The summed E-state index contributed by atoms with van der Waals surface area (Å²) in [5, 5.41) is 0.116. The topological polar surface area (TPSA) is 54.0 Å². The predicted octanol–water partition coefficient (Wildman–Crippen LogP) is 3.81. The summed E-state index contributed by atoms with van der Waals surface area (Å²) >= 11 is 0. The van der Waals surface area contributed by atoms with E-state index in [0.29, 0.717) is 12.2 Å². The lowest BCUT2D eigenvalue weighted by molar-refractivity contribution is -0.152. The van der Waals surface area contributed by atoms with Gasteiger partial charge in [-0.1, -0.05) is 26.8 Å². The second-order valence-electron chi connectivity index (χ2n) is 7.29. The summed E-state index contributed by atoms with van der Waals surface area (Å²) in [6.45, 7) is 11.0. The highest BCUT2D eigenvalue weighted by Crippen LogP contribution is 2.38. The van der Waals surface area contributed by atoms with Crippen LogP contribution in [0.2, 0.25) is 18.1 Å². The molecule has 5 nitrogen and oxygen atoms in total. The fraction of sp³-hybridized carbons (Fsp3) is 0.611. The van der Waals surface area contributed by atoms with E-state index in [-0.39, 0.29) is 5.04 Å². The lowest BCUT2D eigenvalue weighted by Crippen LogP contribution is -2.43. The first kappa shape index (κ1) is 20.5. The molecule has 0 heterocycles. The minimum Gasteiger partial charge on any atom is -0.543 e. The van der Waals surface area contributed by atoms with Gasteiger partial charge in [0.05, 0.1) is 14.2 Å². The van der Waals surface area contributed by atoms with E-state index in [1.54, 1.807) is 7.11 Å². The number of benzene rings is 1. The van der Waals surface area contributed by atoms with E-state index in [1.807, 2.05) is 18.2 Å². The molecule has 1 aromatic carbocycles. The van der Waals surface area contributed by atoms with E-state index in [9.17, 15) is 4.79 Å². The molecule has 136 valence electrons. The number of carbonyl (C=O) groups excluding carboxylic acids is 1. The van der Waals surface area contributed by atoms with Gasteiger partial charge in [-0.15, -0.1) is 0 Å². The second kappa shape index (κ2) is 8.03. The number of methoxy groups -OCH3 is 3. The minimum absolute atomic E-state index is 0.116. The van der Waals surface area contributed by atoms with Crippen LogP contribution in [0.4, 0.5) is 0 Å². The third-order valence-corrected chi connectivity index (χ3v) is 8.95. The lowest BCUT2D eigenvalue weighted by Gasteiger charge is -2.36. The smallest absolute Gasteiger partial charge is 0.335 e. The van der Waals surface area contributed by atoms with Gasteiger partial charge >= 0.3 is 5.97 Å². The normalized spacial score (nSPS) is 13.3. The standard InChI is InChI=1S/C18H30O5Si/c1-18(2,3)24(7,8)23-14-10-9-13(15(12-14)20-4)11-16(21-5)17(19)22-6/h9-10,12,16H,11H2,1-8H3. The van der Waals surface area contributed by atoms with Gasteiger partial charge in [0.25, 0.3) is 0 Å². The van der Waals surface area contributed by atoms with Gasteiger partial charge in [0, 0.05) is 19.6 Å². The van der Waals surface area contributed by atoms with Crippen LogP contribution in [0, 0.1) is 0 Å². The maximum Gasteiger partial charge on any atom is 0.335 e. The Morgan fingerprint density at radius 2 is 1.79 bits per heavy atom. The van der Waals surface area contributed by atoms with Crippen LogP contribution in [0.3, 0.4) is 0 Å². The highest BCUT2D eigenvalue weighted by molar-refractivity contribution is 6.74. The Hall–Kier alpha value is -1.53. The van der Waals surface area contributed by atoms with Crippen LogP contribution < -0.4 is 9.16 Å². The molecule has 24 heavy (non-hydrogen) atoms. The van der Waals surface area contributed by atoms with Gasteiger partial charge in [-0.2, -0.15) is 0 Å². The van der Waals surface area contributed by atoms with Gasteiger partial charge < -0.3 is 18.6 Å². The molecule has 0 N–H and O–H groups in total. The van der Waals surface area contributed by atoms with Crippen LogP contribution in [0.15, 0.2) is 18.2 Å². The van der Waals surface area contributed by atoms with Crippen molar-refractivity contribution in [3.63, 3.8) is 0 Å². The molecule has 0 aliphatic carbocycles. The number of rotatable bonds is 7. The average Bonchev–Trinajstić information content (AvgIpc) is 2.51. The summed E-state index contributed by atoms with van der Waals surface area (Å²) in [4.78, 5) is 11.7. The Morgan fingerprint density at radius 1 is 1.17 bits per heavy atom.